The van der Waals surface area contributed by atoms with Crippen LogP contribution in [0, 0.1) is 17.8 Å². The van der Waals surface area contributed by atoms with Crippen molar-refractivity contribution in [1.29, 1.82) is 0 Å². The van der Waals surface area contributed by atoms with Gasteiger partial charge in [-0.3, -0.25) is 4.79 Å². The summed E-state index contributed by atoms with van der Waals surface area (Å²) in [5.74, 6) is 1.92. The highest BCUT2D eigenvalue weighted by Crippen LogP contribution is 2.34. The van der Waals surface area contributed by atoms with Crippen LogP contribution in [0.15, 0.2) is 24.3 Å². The zero-order valence-electron chi connectivity index (χ0n) is 12.5. The minimum absolute atomic E-state index is 0.226. The first-order valence-electron chi connectivity index (χ1n) is 7.29. The van der Waals surface area contributed by atoms with E-state index in [1.165, 1.54) is 6.42 Å². The molecule has 0 aliphatic heterocycles. The summed E-state index contributed by atoms with van der Waals surface area (Å²) in [4.78, 5) is 14.6. The first-order chi connectivity index (χ1) is 8.97. The third-order valence-corrected chi connectivity index (χ3v) is 4.22. The van der Waals surface area contributed by atoms with Gasteiger partial charge in [-0.2, -0.15) is 0 Å². The second-order valence-corrected chi connectivity index (χ2v) is 6.42. The molecule has 0 bridgehead atoms. The molecule has 0 N–H and O–H groups in total. The van der Waals surface area contributed by atoms with Crippen LogP contribution in [0.1, 0.15) is 43.5 Å². The summed E-state index contributed by atoms with van der Waals surface area (Å²) in [6.07, 6.45) is 3.38. The monoisotopic (exact) mass is 259 g/mol. The van der Waals surface area contributed by atoms with E-state index in [4.69, 9.17) is 0 Å². The Morgan fingerprint density at radius 2 is 1.53 bits per heavy atom. The van der Waals surface area contributed by atoms with Crippen LogP contribution in [-0.2, 0) is 0 Å². The van der Waals surface area contributed by atoms with Crippen LogP contribution < -0.4 is 4.90 Å². The summed E-state index contributed by atoms with van der Waals surface area (Å²) in [5.41, 5.74) is 2.01. The fourth-order valence-corrected chi connectivity index (χ4v) is 3.32. The average Bonchev–Trinajstić information content (AvgIpc) is 2.37. The summed E-state index contributed by atoms with van der Waals surface area (Å²) < 4.78 is 0. The lowest BCUT2D eigenvalue weighted by atomic mass is 9.74. The van der Waals surface area contributed by atoms with Crippen molar-refractivity contribution in [2.75, 3.05) is 19.0 Å². The Labute approximate surface area is 116 Å². The number of hydrogen-bond acceptors (Lipinski definition) is 2. The number of anilines is 1. The normalized spacial score (nSPS) is 27.1. The number of ketones is 1. The van der Waals surface area contributed by atoms with E-state index < -0.39 is 0 Å². The Morgan fingerprint density at radius 3 is 2.00 bits per heavy atom. The van der Waals surface area contributed by atoms with Crippen LogP contribution in [-0.4, -0.2) is 19.9 Å². The average molecular weight is 259 g/mol. The number of rotatable bonds is 3. The van der Waals surface area contributed by atoms with Gasteiger partial charge in [-0.25, -0.2) is 0 Å². The minimum atomic E-state index is 0.226. The van der Waals surface area contributed by atoms with Gasteiger partial charge < -0.3 is 4.90 Å². The van der Waals surface area contributed by atoms with Crippen LogP contribution in [0.2, 0.25) is 0 Å². The van der Waals surface area contributed by atoms with Crippen molar-refractivity contribution in [1.82, 2.24) is 0 Å². The lowest BCUT2D eigenvalue weighted by Crippen LogP contribution is -2.26. The smallest absolute Gasteiger partial charge is 0.165 e. The lowest BCUT2D eigenvalue weighted by Gasteiger charge is -2.30. The van der Waals surface area contributed by atoms with Gasteiger partial charge in [0.25, 0.3) is 0 Å². The largest absolute Gasteiger partial charge is 0.378 e. The summed E-state index contributed by atoms with van der Waals surface area (Å²) in [7, 11) is 4.03. The van der Waals surface area contributed by atoms with Crippen molar-refractivity contribution in [2.24, 2.45) is 17.8 Å². The third kappa shape index (κ3) is 3.37. The van der Waals surface area contributed by atoms with Gasteiger partial charge in [-0.1, -0.05) is 13.8 Å². The Kier molecular flexibility index (Phi) is 4.28. The Morgan fingerprint density at radius 1 is 1.00 bits per heavy atom. The minimum Gasteiger partial charge on any atom is -0.378 e. The van der Waals surface area contributed by atoms with Gasteiger partial charge in [0.1, 0.15) is 0 Å². The van der Waals surface area contributed by atoms with Crippen molar-refractivity contribution in [3.05, 3.63) is 29.8 Å². The van der Waals surface area contributed by atoms with E-state index in [-0.39, 0.29) is 5.92 Å². The van der Waals surface area contributed by atoms with Gasteiger partial charge in [0.15, 0.2) is 5.78 Å². The number of hydrogen-bond donors (Lipinski definition) is 0. The van der Waals surface area contributed by atoms with Crippen molar-refractivity contribution in [3.63, 3.8) is 0 Å². The Bertz CT molecular complexity index is 425. The Balaban J connectivity index is 2.10. The van der Waals surface area contributed by atoms with Crippen molar-refractivity contribution < 1.29 is 4.79 Å². The van der Waals surface area contributed by atoms with E-state index in [0.29, 0.717) is 17.6 Å². The third-order valence-electron chi connectivity index (χ3n) is 4.22. The molecule has 0 spiro atoms. The molecule has 2 rings (SSSR count). The van der Waals surface area contributed by atoms with E-state index in [2.05, 4.69) is 18.7 Å². The van der Waals surface area contributed by atoms with Gasteiger partial charge in [-0.05, 0) is 55.4 Å². The van der Waals surface area contributed by atoms with E-state index in [0.717, 1.165) is 24.1 Å². The van der Waals surface area contributed by atoms with E-state index in [1.54, 1.807) is 0 Å². The predicted octanol–water partition coefficient (Wildman–Crippen LogP) is 4.01. The SMILES string of the molecule is CC1CC(C)CC(C(=O)c2ccc(N(C)C)cc2)C1. The maximum atomic E-state index is 12.6. The summed E-state index contributed by atoms with van der Waals surface area (Å²) >= 11 is 0. The number of carbonyl (C=O) groups is 1. The summed E-state index contributed by atoms with van der Waals surface area (Å²) in [6.45, 7) is 4.54. The number of carbonyl (C=O) groups excluding carboxylic acids is 1. The molecule has 1 saturated carbocycles. The second kappa shape index (κ2) is 5.77. The Hall–Kier alpha value is -1.31. The molecule has 1 aromatic rings. The molecule has 1 aromatic carbocycles. The maximum absolute atomic E-state index is 12.6. The molecule has 1 fully saturated rings. The zero-order chi connectivity index (χ0) is 14.0. The van der Waals surface area contributed by atoms with E-state index in [1.807, 2.05) is 38.4 Å². The van der Waals surface area contributed by atoms with Crippen LogP contribution in [0.3, 0.4) is 0 Å². The van der Waals surface area contributed by atoms with Crippen molar-refractivity contribution >= 4 is 11.5 Å². The molecule has 2 heteroatoms. The number of Topliss-reactive ketones (excluding diaryl/α,β-unsaturated/α-hetero) is 1. The van der Waals surface area contributed by atoms with Crippen molar-refractivity contribution in [2.45, 2.75) is 33.1 Å². The molecular weight excluding hydrogens is 234 g/mol. The second-order valence-electron chi connectivity index (χ2n) is 6.42. The number of nitrogens with zero attached hydrogens (tertiary/aromatic N) is 1. The topological polar surface area (TPSA) is 20.3 Å². The molecule has 0 saturated heterocycles. The van der Waals surface area contributed by atoms with Gasteiger partial charge in [-0.15, -0.1) is 0 Å². The predicted molar refractivity (Wildman–Crippen MR) is 80.8 cm³/mol. The fourth-order valence-electron chi connectivity index (χ4n) is 3.32. The molecule has 2 nitrogen and oxygen atoms in total. The van der Waals surface area contributed by atoms with Crippen LogP contribution in [0.5, 0.6) is 0 Å². The highest BCUT2D eigenvalue weighted by Gasteiger charge is 2.29. The standard InChI is InChI=1S/C17H25NO/c1-12-9-13(2)11-15(10-12)17(19)14-5-7-16(8-6-14)18(3)4/h5-8,12-13,15H,9-11H2,1-4H3. The van der Waals surface area contributed by atoms with Crippen LogP contribution in [0.25, 0.3) is 0 Å². The van der Waals surface area contributed by atoms with Gasteiger partial charge >= 0.3 is 0 Å². The molecule has 0 heterocycles. The molecule has 2 unspecified atom stereocenters. The van der Waals surface area contributed by atoms with Gasteiger partial charge in [0.2, 0.25) is 0 Å². The molecular formula is C17H25NO. The van der Waals surface area contributed by atoms with E-state index >= 15 is 0 Å². The van der Waals surface area contributed by atoms with Crippen LogP contribution >= 0.6 is 0 Å². The van der Waals surface area contributed by atoms with Crippen molar-refractivity contribution in [3.8, 4) is 0 Å². The molecule has 0 aromatic heterocycles. The number of benzene rings is 1. The molecule has 104 valence electrons. The highest BCUT2D eigenvalue weighted by atomic mass is 16.1. The van der Waals surface area contributed by atoms with Gasteiger partial charge in [0, 0.05) is 31.3 Å². The highest BCUT2D eigenvalue weighted by molar-refractivity contribution is 5.98. The fraction of sp³-hybridized carbons (Fsp3) is 0.588. The molecule has 2 atom stereocenters. The maximum Gasteiger partial charge on any atom is 0.165 e. The first kappa shape index (κ1) is 14.1. The molecule has 19 heavy (non-hydrogen) atoms. The lowest BCUT2D eigenvalue weighted by molar-refractivity contribution is 0.0836. The van der Waals surface area contributed by atoms with Crippen LogP contribution in [0.4, 0.5) is 5.69 Å². The first-order valence-corrected chi connectivity index (χ1v) is 7.29. The summed E-state index contributed by atoms with van der Waals surface area (Å²) in [5, 5.41) is 0. The molecule has 0 radical (unpaired) electrons. The molecule has 1 aliphatic carbocycles. The zero-order valence-corrected chi connectivity index (χ0v) is 12.5. The quantitative estimate of drug-likeness (QED) is 0.764. The molecule has 1 aliphatic rings. The molecule has 0 amide bonds. The summed E-state index contributed by atoms with van der Waals surface area (Å²) in [6, 6.07) is 8.01. The van der Waals surface area contributed by atoms with Gasteiger partial charge in [0.05, 0.1) is 0 Å². The van der Waals surface area contributed by atoms with E-state index in [9.17, 15) is 4.79 Å².